The number of carboxylic acid groups (broad SMARTS) is 1. The van der Waals surface area contributed by atoms with Gasteiger partial charge < -0.3 is 20.1 Å². The molecule has 1 atom stereocenters. The number of aliphatic carboxylic acids is 1. The number of benzene rings is 1. The van der Waals surface area contributed by atoms with E-state index in [1.54, 1.807) is 30.3 Å². The molecule has 138 valence electrons. The van der Waals surface area contributed by atoms with E-state index in [1.807, 2.05) is 18.2 Å². The Morgan fingerprint density at radius 2 is 2.15 bits per heavy atom. The van der Waals surface area contributed by atoms with Crippen molar-refractivity contribution in [1.82, 2.24) is 14.7 Å². The summed E-state index contributed by atoms with van der Waals surface area (Å²) in [6, 6.07) is 8.93. The van der Waals surface area contributed by atoms with Crippen LogP contribution in [0.4, 0.5) is 10.5 Å². The highest BCUT2D eigenvalue weighted by Crippen LogP contribution is 2.27. The predicted octanol–water partition coefficient (Wildman–Crippen LogP) is 2.39. The van der Waals surface area contributed by atoms with Crippen LogP contribution in [0.5, 0.6) is 5.75 Å². The van der Waals surface area contributed by atoms with Gasteiger partial charge in [-0.1, -0.05) is 12.1 Å². The Hall–Kier alpha value is -3.03. The average molecular weight is 358 g/mol. The number of nitrogens with one attached hydrogen (secondary N) is 1. The summed E-state index contributed by atoms with van der Waals surface area (Å²) in [5.41, 5.74) is 1.45. The maximum Gasteiger partial charge on any atom is 0.325 e. The maximum atomic E-state index is 12.6. The fraction of sp³-hybridized carbons (Fsp3) is 0.389. The van der Waals surface area contributed by atoms with Crippen LogP contribution in [0.25, 0.3) is 0 Å². The molecule has 1 fully saturated rings. The summed E-state index contributed by atoms with van der Waals surface area (Å²) < 4.78 is 6.67. The van der Waals surface area contributed by atoms with Crippen LogP contribution in [0.2, 0.25) is 0 Å². The van der Waals surface area contributed by atoms with E-state index in [2.05, 4.69) is 10.4 Å². The van der Waals surface area contributed by atoms with Gasteiger partial charge in [-0.15, -0.1) is 0 Å². The summed E-state index contributed by atoms with van der Waals surface area (Å²) >= 11 is 0. The molecule has 1 aromatic heterocycles. The molecule has 1 saturated heterocycles. The molecule has 0 saturated carbocycles. The van der Waals surface area contributed by atoms with Gasteiger partial charge in [0.1, 0.15) is 12.3 Å². The quantitative estimate of drug-likeness (QED) is 0.855. The van der Waals surface area contributed by atoms with Crippen LogP contribution in [-0.4, -0.2) is 52.0 Å². The third-order valence-corrected chi connectivity index (χ3v) is 4.43. The van der Waals surface area contributed by atoms with Crippen LogP contribution < -0.4 is 10.1 Å². The number of likely N-dealkylation sites (tertiary alicyclic amines) is 1. The third-order valence-electron chi connectivity index (χ3n) is 4.43. The Morgan fingerprint density at radius 3 is 2.92 bits per heavy atom. The molecule has 8 nitrogen and oxygen atoms in total. The van der Waals surface area contributed by atoms with Gasteiger partial charge in [-0.3, -0.25) is 9.48 Å². The minimum absolute atomic E-state index is 0.0993. The highest BCUT2D eigenvalue weighted by Gasteiger charge is 2.26. The zero-order valence-corrected chi connectivity index (χ0v) is 14.6. The number of carboxylic acids is 1. The van der Waals surface area contributed by atoms with Gasteiger partial charge in [-0.25, -0.2) is 4.79 Å². The summed E-state index contributed by atoms with van der Waals surface area (Å²) in [5, 5.41) is 16.1. The average Bonchev–Trinajstić information content (AvgIpc) is 3.10. The molecule has 0 aliphatic carbocycles. The second-order valence-corrected chi connectivity index (χ2v) is 6.25. The van der Waals surface area contributed by atoms with Crippen molar-refractivity contribution in [3.05, 3.63) is 42.2 Å². The van der Waals surface area contributed by atoms with E-state index in [0.717, 1.165) is 18.5 Å². The van der Waals surface area contributed by atoms with E-state index >= 15 is 0 Å². The monoisotopic (exact) mass is 358 g/mol. The van der Waals surface area contributed by atoms with Crippen LogP contribution in [-0.2, 0) is 11.3 Å². The lowest BCUT2D eigenvalue weighted by molar-refractivity contribution is -0.137. The summed E-state index contributed by atoms with van der Waals surface area (Å²) in [5.74, 6) is -0.217. The van der Waals surface area contributed by atoms with Crippen molar-refractivity contribution in [2.45, 2.75) is 25.3 Å². The highest BCUT2D eigenvalue weighted by molar-refractivity contribution is 5.91. The van der Waals surface area contributed by atoms with Crippen molar-refractivity contribution < 1.29 is 19.4 Å². The molecular weight excluding hydrogens is 336 g/mol. The highest BCUT2D eigenvalue weighted by atomic mass is 16.5. The largest absolute Gasteiger partial charge is 0.495 e. The normalized spacial score (nSPS) is 17.0. The second-order valence-electron chi connectivity index (χ2n) is 6.25. The van der Waals surface area contributed by atoms with Gasteiger partial charge in [-0.05, 0) is 31.0 Å². The Balaban J connectivity index is 1.65. The summed E-state index contributed by atoms with van der Waals surface area (Å²) in [6.07, 6.45) is 3.45. The zero-order valence-electron chi connectivity index (χ0n) is 14.6. The Labute approximate surface area is 151 Å². The van der Waals surface area contributed by atoms with Crippen molar-refractivity contribution in [2.24, 2.45) is 0 Å². The number of hydrogen-bond donors (Lipinski definition) is 2. The van der Waals surface area contributed by atoms with Gasteiger partial charge in [0, 0.05) is 25.2 Å². The molecule has 0 bridgehead atoms. The number of amides is 2. The van der Waals surface area contributed by atoms with E-state index in [0.29, 0.717) is 24.5 Å². The zero-order chi connectivity index (χ0) is 18.5. The topological polar surface area (TPSA) is 96.7 Å². The number of hydrogen-bond acceptors (Lipinski definition) is 4. The molecule has 2 N–H and O–H groups in total. The van der Waals surface area contributed by atoms with Gasteiger partial charge >= 0.3 is 12.0 Å². The molecule has 8 heteroatoms. The van der Waals surface area contributed by atoms with Crippen molar-refractivity contribution in [2.75, 3.05) is 25.5 Å². The molecule has 2 heterocycles. The number of carbonyl (C=O) groups is 2. The Bertz CT molecular complexity index is 789. The lowest BCUT2D eigenvalue weighted by Crippen LogP contribution is -2.41. The number of para-hydroxylation sites is 2. The smallest absolute Gasteiger partial charge is 0.325 e. The minimum atomic E-state index is -0.930. The number of piperidine rings is 1. The molecule has 2 aromatic rings. The number of rotatable bonds is 5. The summed E-state index contributed by atoms with van der Waals surface area (Å²) in [7, 11) is 1.56. The first-order chi connectivity index (χ1) is 12.6. The second kappa shape index (κ2) is 7.90. The number of urea groups is 1. The van der Waals surface area contributed by atoms with Crippen LogP contribution >= 0.6 is 0 Å². The van der Waals surface area contributed by atoms with Crippen molar-refractivity contribution in [3.8, 4) is 5.75 Å². The van der Waals surface area contributed by atoms with Gasteiger partial charge in [0.15, 0.2) is 0 Å². The molecule has 3 rings (SSSR count). The number of carbonyl (C=O) groups excluding carboxylic acids is 1. The fourth-order valence-corrected chi connectivity index (χ4v) is 3.17. The molecule has 26 heavy (non-hydrogen) atoms. The number of anilines is 1. The van der Waals surface area contributed by atoms with E-state index in [9.17, 15) is 9.59 Å². The Kier molecular flexibility index (Phi) is 5.40. The van der Waals surface area contributed by atoms with Crippen LogP contribution in [0, 0.1) is 0 Å². The van der Waals surface area contributed by atoms with E-state index in [1.165, 1.54) is 4.68 Å². The van der Waals surface area contributed by atoms with Crippen LogP contribution in [0.1, 0.15) is 24.5 Å². The predicted molar refractivity (Wildman–Crippen MR) is 95.4 cm³/mol. The molecule has 0 radical (unpaired) electrons. The Morgan fingerprint density at radius 1 is 1.35 bits per heavy atom. The molecule has 1 aliphatic heterocycles. The maximum absolute atomic E-state index is 12.6. The number of ether oxygens (including phenoxy) is 1. The first kappa shape index (κ1) is 17.8. The standard InChI is InChI=1S/C18H22N4O4/c1-26-16-7-3-2-6-15(16)19-18(25)21-9-4-5-13(11-21)14-8-10-22(20-14)12-17(23)24/h2-3,6-8,10,13H,4-5,9,11-12H2,1H3,(H,19,25)(H,23,24)/t13-/m0/s1. The molecule has 0 unspecified atom stereocenters. The fourth-order valence-electron chi connectivity index (χ4n) is 3.17. The minimum Gasteiger partial charge on any atom is -0.495 e. The van der Waals surface area contributed by atoms with E-state index < -0.39 is 5.97 Å². The number of nitrogens with zero attached hydrogens (tertiary/aromatic N) is 3. The first-order valence-electron chi connectivity index (χ1n) is 8.51. The summed E-state index contributed by atoms with van der Waals surface area (Å²) in [6.45, 7) is 1.06. The van der Waals surface area contributed by atoms with Gasteiger partial charge in [0.2, 0.25) is 0 Å². The van der Waals surface area contributed by atoms with Crippen molar-refractivity contribution >= 4 is 17.7 Å². The SMILES string of the molecule is COc1ccccc1NC(=O)N1CCC[C@H](c2ccn(CC(=O)O)n2)C1. The lowest BCUT2D eigenvalue weighted by Gasteiger charge is -2.32. The van der Waals surface area contributed by atoms with Crippen LogP contribution in [0.15, 0.2) is 36.5 Å². The summed E-state index contributed by atoms with van der Waals surface area (Å²) in [4.78, 5) is 25.2. The van der Waals surface area contributed by atoms with Crippen molar-refractivity contribution in [1.29, 1.82) is 0 Å². The molecule has 1 aliphatic rings. The van der Waals surface area contributed by atoms with Gasteiger partial charge in [0.25, 0.3) is 0 Å². The molecule has 1 aromatic carbocycles. The number of methoxy groups -OCH3 is 1. The van der Waals surface area contributed by atoms with Gasteiger partial charge in [-0.2, -0.15) is 5.10 Å². The third kappa shape index (κ3) is 4.14. The molecule has 2 amide bonds. The first-order valence-corrected chi connectivity index (χ1v) is 8.51. The van der Waals surface area contributed by atoms with Gasteiger partial charge in [0.05, 0.1) is 18.5 Å². The lowest BCUT2D eigenvalue weighted by atomic mass is 9.95. The molecular formula is C18H22N4O4. The van der Waals surface area contributed by atoms with Crippen molar-refractivity contribution in [3.63, 3.8) is 0 Å². The number of aromatic nitrogens is 2. The molecule has 0 spiro atoms. The van der Waals surface area contributed by atoms with E-state index in [4.69, 9.17) is 9.84 Å². The van der Waals surface area contributed by atoms with E-state index in [-0.39, 0.29) is 18.5 Å². The van der Waals surface area contributed by atoms with Crippen LogP contribution in [0.3, 0.4) is 0 Å².